The van der Waals surface area contributed by atoms with Crippen molar-refractivity contribution >= 4 is 29.3 Å². The van der Waals surface area contributed by atoms with Crippen LogP contribution in [0.3, 0.4) is 0 Å². The summed E-state index contributed by atoms with van der Waals surface area (Å²) >= 11 is 0. The lowest BCUT2D eigenvalue weighted by molar-refractivity contribution is 0.0604. The molecule has 3 aromatic heterocycles. The number of nitrogens with one attached hydrogen (secondary N) is 3. The summed E-state index contributed by atoms with van der Waals surface area (Å²) in [6, 6.07) is 3.59. The second kappa shape index (κ2) is 8.64. The number of carbonyl (C=O) groups is 1. The predicted molar refractivity (Wildman–Crippen MR) is 123 cm³/mol. The van der Waals surface area contributed by atoms with E-state index in [1.807, 2.05) is 17.4 Å². The van der Waals surface area contributed by atoms with Crippen LogP contribution in [0, 0.1) is 0 Å². The number of halogens is 1. The number of morpholine rings is 1. The Bertz CT molecular complexity index is 1220. The number of anilines is 3. The molecule has 2 aliphatic heterocycles. The Morgan fingerprint density at radius 2 is 2.14 bits per heavy atom. The number of hydrogen-bond donors (Lipinski definition) is 3. The normalized spacial score (nSPS) is 25.5. The molecule has 3 aromatic rings. The molecule has 35 heavy (non-hydrogen) atoms. The van der Waals surface area contributed by atoms with E-state index in [0.717, 1.165) is 37.4 Å². The molecule has 1 amide bonds. The van der Waals surface area contributed by atoms with Gasteiger partial charge in [0.2, 0.25) is 5.95 Å². The van der Waals surface area contributed by atoms with E-state index in [9.17, 15) is 4.79 Å². The van der Waals surface area contributed by atoms with E-state index in [1.54, 1.807) is 18.5 Å². The molecule has 1 saturated carbocycles. The molecule has 3 N–H and O–H groups in total. The molecule has 3 atom stereocenters. The quantitative estimate of drug-likeness (QED) is 0.479. The number of imidazole rings is 1. The topological polar surface area (TPSA) is 131 Å². The summed E-state index contributed by atoms with van der Waals surface area (Å²) in [6.45, 7) is 4.67. The maximum absolute atomic E-state index is 15.1. The summed E-state index contributed by atoms with van der Waals surface area (Å²) in [6.07, 6.45) is 1.23. The lowest BCUT2D eigenvalue weighted by Gasteiger charge is -2.28. The number of aromatic amines is 1. The lowest BCUT2D eigenvalue weighted by atomic mass is 10.1. The smallest absolute Gasteiger partial charge is 0.408 e. The zero-order chi connectivity index (χ0) is 24.0. The first kappa shape index (κ1) is 22.0. The zero-order valence-corrected chi connectivity index (χ0v) is 19.2. The van der Waals surface area contributed by atoms with Crippen molar-refractivity contribution in [2.24, 2.45) is 0 Å². The fourth-order valence-corrected chi connectivity index (χ4v) is 4.28. The van der Waals surface area contributed by atoms with Crippen LogP contribution in [0.4, 0.5) is 26.8 Å². The standard InChI is InChI=1S/C22H27FN8O4/c1-22(2-3-22)27-21(32)35-14-12-34-19(18(14)23)13-10-15(29-28-13)25-20-26-17(30-6-8-33-9-7-30)11-16-24-4-5-31(16)20/h4-5,10-11,14,18-19H,2-3,6-9,12H2,1H3,(H,27,32)(H2,25,26,28,29)/t14-,18+,19-/m0/s1. The van der Waals surface area contributed by atoms with Gasteiger partial charge in [-0.2, -0.15) is 10.1 Å². The number of alkyl carbamates (subject to hydrolysis) is 1. The van der Waals surface area contributed by atoms with Crippen molar-refractivity contribution in [2.75, 3.05) is 43.1 Å². The summed E-state index contributed by atoms with van der Waals surface area (Å²) in [5.41, 5.74) is 0.937. The number of amides is 1. The number of nitrogens with zero attached hydrogens (tertiary/aromatic N) is 5. The van der Waals surface area contributed by atoms with Crippen LogP contribution in [-0.2, 0) is 14.2 Å². The molecule has 0 aromatic carbocycles. The molecule has 186 valence electrons. The van der Waals surface area contributed by atoms with Crippen LogP contribution >= 0.6 is 0 Å². The molecule has 6 rings (SSSR count). The molecule has 2 saturated heterocycles. The predicted octanol–water partition coefficient (Wildman–Crippen LogP) is 2.09. The molecular weight excluding hydrogens is 459 g/mol. The third kappa shape index (κ3) is 4.48. The number of fused-ring (bicyclic) bond motifs is 1. The van der Waals surface area contributed by atoms with Gasteiger partial charge in [-0.05, 0) is 19.8 Å². The molecule has 3 fully saturated rings. The highest BCUT2D eigenvalue weighted by molar-refractivity contribution is 5.69. The molecule has 12 nitrogen and oxygen atoms in total. The van der Waals surface area contributed by atoms with Crippen LogP contribution in [-0.4, -0.2) is 81.4 Å². The number of carbonyl (C=O) groups excluding carboxylic acids is 1. The van der Waals surface area contributed by atoms with Crippen molar-refractivity contribution in [3.05, 3.63) is 30.2 Å². The van der Waals surface area contributed by atoms with Crippen molar-refractivity contribution in [1.82, 2.24) is 29.9 Å². The van der Waals surface area contributed by atoms with E-state index in [4.69, 9.17) is 19.2 Å². The van der Waals surface area contributed by atoms with E-state index < -0.39 is 24.5 Å². The first-order valence-electron chi connectivity index (χ1n) is 11.7. The maximum atomic E-state index is 15.1. The number of aromatic nitrogens is 5. The summed E-state index contributed by atoms with van der Waals surface area (Å²) in [5, 5.41) is 13.0. The average Bonchev–Trinajstić information content (AvgIpc) is 3.22. The van der Waals surface area contributed by atoms with Crippen molar-refractivity contribution < 1.29 is 23.4 Å². The molecule has 0 bridgehead atoms. The van der Waals surface area contributed by atoms with Crippen LogP contribution in [0.1, 0.15) is 31.6 Å². The molecule has 3 aliphatic rings. The Hall–Kier alpha value is -3.45. The van der Waals surface area contributed by atoms with Gasteiger partial charge in [0.1, 0.15) is 17.6 Å². The Morgan fingerprint density at radius 1 is 1.31 bits per heavy atom. The largest absolute Gasteiger partial charge is 0.441 e. The average molecular weight is 487 g/mol. The van der Waals surface area contributed by atoms with Gasteiger partial charge in [0.15, 0.2) is 18.1 Å². The minimum Gasteiger partial charge on any atom is -0.441 e. The number of H-pyrrole nitrogens is 1. The fraction of sp³-hybridized carbons (Fsp3) is 0.545. The van der Waals surface area contributed by atoms with Gasteiger partial charge in [-0.1, -0.05) is 0 Å². The summed E-state index contributed by atoms with van der Waals surface area (Å²) in [7, 11) is 0. The molecule has 0 unspecified atom stereocenters. The second-order valence-electron chi connectivity index (χ2n) is 9.35. The SMILES string of the molecule is CC1(NC(=O)O[C@H]2CO[C@@H](c3cc(Nc4nc(N5CCOCC5)cc5nccn45)n[nH]3)[C@@H]2F)CC1. The van der Waals surface area contributed by atoms with Gasteiger partial charge in [-0.15, -0.1) is 0 Å². The molecule has 1 aliphatic carbocycles. The molecular formula is C22H27FN8O4. The van der Waals surface area contributed by atoms with Gasteiger partial charge in [0.25, 0.3) is 0 Å². The van der Waals surface area contributed by atoms with Crippen molar-refractivity contribution in [3.63, 3.8) is 0 Å². The third-order valence-corrected chi connectivity index (χ3v) is 6.60. The maximum Gasteiger partial charge on any atom is 0.408 e. The van der Waals surface area contributed by atoms with Gasteiger partial charge in [-0.25, -0.2) is 14.2 Å². The van der Waals surface area contributed by atoms with E-state index in [2.05, 4.69) is 30.7 Å². The number of hydrogen-bond acceptors (Lipinski definition) is 9. The molecule has 0 radical (unpaired) electrons. The minimum absolute atomic E-state index is 0.0312. The van der Waals surface area contributed by atoms with E-state index in [1.165, 1.54) is 0 Å². The Morgan fingerprint density at radius 3 is 2.94 bits per heavy atom. The van der Waals surface area contributed by atoms with Crippen LogP contribution in [0.15, 0.2) is 24.5 Å². The zero-order valence-electron chi connectivity index (χ0n) is 19.2. The highest BCUT2D eigenvalue weighted by atomic mass is 19.1. The highest BCUT2D eigenvalue weighted by Gasteiger charge is 2.44. The second-order valence-corrected chi connectivity index (χ2v) is 9.35. The number of alkyl halides is 1. The van der Waals surface area contributed by atoms with Gasteiger partial charge in [0, 0.05) is 43.2 Å². The first-order valence-corrected chi connectivity index (χ1v) is 11.7. The highest BCUT2D eigenvalue weighted by Crippen LogP contribution is 2.36. The van der Waals surface area contributed by atoms with E-state index in [0.29, 0.717) is 30.7 Å². The Kier molecular flexibility index (Phi) is 5.44. The minimum atomic E-state index is -1.52. The van der Waals surface area contributed by atoms with E-state index in [-0.39, 0.29) is 12.1 Å². The van der Waals surface area contributed by atoms with Gasteiger partial charge in [0.05, 0.1) is 25.5 Å². The Labute approximate surface area is 200 Å². The van der Waals surface area contributed by atoms with Crippen LogP contribution in [0.2, 0.25) is 0 Å². The fourth-order valence-electron chi connectivity index (χ4n) is 4.28. The summed E-state index contributed by atoms with van der Waals surface area (Å²) < 4.78 is 33.2. The Balaban J connectivity index is 1.15. The van der Waals surface area contributed by atoms with Gasteiger partial charge >= 0.3 is 6.09 Å². The molecule has 5 heterocycles. The third-order valence-electron chi connectivity index (χ3n) is 6.60. The van der Waals surface area contributed by atoms with Gasteiger partial charge in [-0.3, -0.25) is 9.50 Å². The van der Waals surface area contributed by atoms with E-state index >= 15 is 4.39 Å². The molecule has 13 heteroatoms. The van der Waals surface area contributed by atoms with Crippen molar-refractivity contribution in [1.29, 1.82) is 0 Å². The lowest BCUT2D eigenvalue weighted by Crippen LogP contribution is -2.39. The van der Waals surface area contributed by atoms with Crippen molar-refractivity contribution in [3.8, 4) is 0 Å². The van der Waals surface area contributed by atoms with Crippen molar-refractivity contribution in [2.45, 2.75) is 43.7 Å². The number of ether oxygens (including phenoxy) is 3. The first-order chi connectivity index (χ1) is 17.0. The summed E-state index contributed by atoms with van der Waals surface area (Å²) in [4.78, 5) is 23.3. The summed E-state index contributed by atoms with van der Waals surface area (Å²) in [5.74, 6) is 1.75. The molecule has 0 spiro atoms. The van der Waals surface area contributed by atoms with Crippen LogP contribution in [0.5, 0.6) is 0 Å². The van der Waals surface area contributed by atoms with Crippen LogP contribution < -0.4 is 15.5 Å². The van der Waals surface area contributed by atoms with Crippen LogP contribution in [0.25, 0.3) is 5.65 Å². The van der Waals surface area contributed by atoms with Gasteiger partial charge < -0.3 is 29.7 Å². The monoisotopic (exact) mass is 486 g/mol. The number of rotatable bonds is 6.